The molecular weight excluding hydrogens is 556 g/mol. The van der Waals surface area contributed by atoms with Crippen LogP contribution in [-0.2, 0) is 9.47 Å². The average molecular weight is 611 g/mol. The highest BCUT2D eigenvalue weighted by Crippen LogP contribution is 2.46. The van der Waals surface area contributed by atoms with Crippen molar-refractivity contribution in [3.05, 3.63) is 29.8 Å². The molecule has 2 amide bonds. The zero-order valence-electron chi connectivity index (χ0n) is 28.0. The van der Waals surface area contributed by atoms with Crippen LogP contribution in [0.25, 0.3) is 0 Å². The van der Waals surface area contributed by atoms with Crippen molar-refractivity contribution in [3.8, 4) is 0 Å². The molecule has 4 aliphatic rings. The van der Waals surface area contributed by atoms with E-state index in [9.17, 15) is 15.0 Å². The molecule has 0 bridgehead atoms. The molecule has 2 atom stereocenters. The highest BCUT2D eigenvalue weighted by atomic mass is 16.6. The highest BCUT2D eigenvalue weighted by Gasteiger charge is 2.52. The number of carbonyl (C=O) groups is 2. The van der Waals surface area contributed by atoms with E-state index < -0.39 is 11.2 Å². The zero-order chi connectivity index (χ0) is 31.8. The van der Waals surface area contributed by atoms with Crippen LogP contribution in [0.15, 0.2) is 24.3 Å². The largest absolute Gasteiger partial charge is 0.444 e. The van der Waals surface area contributed by atoms with Gasteiger partial charge in [-0.3, -0.25) is 5.41 Å². The molecule has 0 radical (unpaired) electrons. The van der Waals surface area contributed by atoms with Crippen molar-refractivity contribution in [1.82, 2.24) is 19.6 Å². The molecule has 4 aliphatic heterocycles. The summed E-state index contributed by atoms with van der Waals surface area (Å²) in [6, 6.07) is 9.36. The van der Waals surface area contributed by atoms with Crippen molar-refractivity contribution >= 4 is 23.7 Å². The Hall–Kier alpha value is -3.01. The number of nitrogens with one attached hydrogen (secondary N) is 1. The van der Waals surface area contributed by atoms with Gasteiger partial charge in [-0.15, -0.1) is 0 Å². The second-order valence-electron chi connectivity index (χ2n) is 15.1. The fraction of sp³-hybridized carbons (Fsp3) is 0.735. The number of benzene rings is 1. The summed E-state index contributed by atoms with van der Waals surface area (Å²) in [4.78, 5) is 36.3. The maximum Gasteiger partial charge on any atom is 0.410 e. The van der Waals surface area contributed by atoms with Crippen molar-refractivity contribution in [1.29, 1.82) is 5.41 Å². The van der Waals surface area contributed by atoms with Crippen LogP contribution in [0.1, 0.15) is 78.7 Å². The third-order valence-electron chi connectivity index (χ3n) is 9.54. The minimum Gasteiger partial charge on any atom is -0.444 e. The van der Waals surface area contributed by atoms with Crippen LogP contribution in [0.5, 0.6) is 0 Å². The molecule has 0 saturated carbocycles. The Kier molecular flexibility index (Phi) is 9.40. The van der Waals surface area contributed by atoms with E-state index in [-0.39, 0.29) is 30.2 Å². The molecule has 1 aromatic rings. The number of piperazine rings is 1. The van der Waals surface area contributed by atoms with Crippen LogP contribution in [0.3, 0.4) is 0 Å². The van der Waals surface area contributed by atoms with Gasteiger partial charge < -0.3 is 34.0 Å². The number of carbonyl (C=O) groups excluding carboxylic acids is 2. The lowest BCUT2D eigenvalue weighted by atomic mass is 9.70. The molecule has 10 nitrogen and oxygen atoms in total. The van der Waals surface area contributed by atoms with E-state index in [0.717, 1.165) is 51.9 Å². The Morgan fingerprint density at radius 2 is 1.20 bits per heavy atom. The Balaban J connectivity index is 1.29. The van der Waals surface area contributed by atoms with Crippen molar-refractivity contribution in [2.24, 2.45) is 5.92 Å². The van der Waals surface area contributed by atoms with Gasteiger partial charge in [-0.25, -0.2) is 9.59 Å². The Bertz CT molecular complexity index is 1170. The molecule has 1 aromatic carbocycles. The molecule has 0 spiro atoms. The van der Waals surface area contributed by atoms with E-state index in [4.69, 9.17) is 9.47 Å². The number of rotatable bonds is 4. The lowest BCUT2D eigenvalue weighted by Gasteiger charge is -2.58. The Morgan fingerprint density at radius 1 is 0.727 bits per heavy atom. The van der Waals surface area contributed by atoms with Crippen molar-refractivity contribution in [2.45, 2.75) is 96.4 Å². The number of amides is 2. The van der Waals surface area contributed by atoms with Gasteiger partial charge in [0.25, 0.3) is 0 Å². The second kappa shape index (κ2) is 12.8. The number of likely N-dealkylation sites (N-methyl/N-ethyl adjacent to an activating group) is 1. The quantitative estimate of drug-likeness (QED) is 0.499. The monoisotopic (exact) mass is 610 g/mol. The van der Waals surface area contributed by atoms with E-state index in [1.807, 2.05) is 51.3 Å². The molecule has 4 saturated heterocycles. The van der Waals surface area contributed by atoms with E-state index in [2.05, 4.69) is 46.0 Å². The first-order valence-corrected chi connectivity index (χ1v) is 16.6. The van der Waals surface area contributed by atoms with E-state index in [0.29, 0.717) is 37.9 Å². The number of amidine groups is 1. The molecule has 2 unspecified atom stereocenters. The topological polar surface area (TPSA) is 92.6 Å². The molecule has 4 fully saturated rings. The first-order chi connectivity index (χ1) is 20.7. The number of likely N-dealkylation sites (tertiary alicyclic amines) is 3. The fourth-order valence-corrected chi connectivity index (χ4v) is 7.22. The van der Waals surface area contributed by atoms with Crippen molar-refractivity contribution in [2.75, 3.05) is 64.3 Å². The molecular formula is C34H54N6O4. The Morgan fingerprint density at radius 3 is 1.68 bits per heavy atom. The summed E-state index contributed by atoms with van der Waals surface area (Å²) < 4.78 is 11.3. The maximum absolute atomic E-state index is 12.8. The van der Waals surface area contributed by atoms with E-state index in [1.54, 1.807) is 0 Å². The van der Waals surface area contributed by atoms with Crippen LogP contribution in [0.2, 0.25) is 0 Å². The summed E-state index contributed by atoms with van der Waals surface area (Å²) in [5.41, 5.74) is 1.43. The van der Waals surface area contributed by atoms with E-state index in [1.165, 1.54) is 11.3 Å². The number of hydrogen-bond acceptors (Lipinski definition) is 7. The van der Waals surface area contributed by atoms with E-state index >= 15 is 0 Å². The van der Waals surface area contributed by atoms with Gasteiger partial charge >= 0.3 is 12.2 Å². The predicted octanol–water partition coefficient (Wildman–Crippen LogP) is 5.23. The summed E-state index contributed by atoms with van der Waals surface area (Å²) in [7, 11) is 2.17. The maximum atomic E-state index is 12.8. The van der Waals surface area contributed by atoms with Gasteiger partial charge in [0.1, 0.15) is 17.0 Å². The van der Waals surface area contributed by atoms with Gasteiger partial charge in [-0.1, -0.05) is 12.1 Å². The third kappa shape index (κ3) is 7.44. The summed E-state index contributed by atoms with van der Waals surface area (Å²) in [6.45, 7) is 18.2. The summed E-state index contributed by atoms with van der Waals surface area (Å²) >= 11 is 0. The average Bonchev–Trinajstić information content (AvgIpc) is 2.95. The fourth-order valence-electron chi connectivity index (χ4n) is 7.22. The first-order valence-electron chi connectivity index (χ1n) is 16.6. The Labute approximate surface area is 264 Å². The number of ether oxygens (including phenoxy) is 2. The minimum atomic E-state index is -0.514. The summed E-state index contributed by atoms with van der Waals surface area (Å²) in [5, 5.41) is 9.32. The standard InChI is InChI=1S/C34H54N6O4/c1-33(2,3)43-31(41)38-16-12-25(13-17-38)29-28(24-8-10-26(11-9-24)37-22-20-36(7)21-23-37)30(35)40(29)27-14-18-39(19-15-27)32(42)44-34(4,5)6/h8-11,25,27-29,35H,12-23H2,1-7H3. The van der Waals surface area contributed by atoms with Crippen LogP contribution < -0.4 is 4.90 Å². The SMILES string of the molecule is CN1CCN(c2ccc(C3C(=N)N(C4CCN(C(=O)OC(C)(C)C)CC4)C3C3CCN(C(=O)OC(C)(C)C)CC3)cc2)CC1. The highest BCUT2D eigenvalue weighted by molar-refractivity contribution is 5.94. The summed E-state index contributed by atoms with van der Waals surface area (Å²) in [5.74, 6) is 1.10. The lowest BCUT2D eigenvalue weighted by molar-refractivity contribution is -0.00143. The van der Waals surface area contributed by atoms with Crippen LogP contribution in [-0.4, -0.2) is 120 Å². The van der Waals surface area contributed by atoms with Crippen LogP contribution >= 0.6 is 0 Å². The second-order valence-corrected chi connectivity index (χ2v) is 15.1. The first kappa shape index (κ1) is 32.4. The number of anilines is 1. The molecule has 0 aromatic heterocycles. The van der Waals surface area contributed by atoms with Gasteiger partial charge in [0.05, 0.1) is 5.92 Å². The van der Waals surface area contributed by atoms with Crippen molar-refractivity contribution in [3.63, 3.8) is 0 Å². The molecule has 0 aliphatic carbocycles. The van der Waals surface area contributed by atoms with Gasteiger partial charge in [-0.05, 0) is 97.9 Å². The minimum absolute atomic E-state index is 0.0403. The summed E-state index contributed by atoms with van der Waals surface area (Å²) in [6.07, 6.45) is 2.94. The number of hydrogen-bond donors (Lipinski definition) is 1. The number of nitrogens with zero attached hydrogens (tertiary/aromatic N) is 5. The van der Waals surface area contributed by atoms with Gasteiger partial charge in [0, 0.05) is 70.1 Å². The molecule has 10 heteroatoms. The molecule has 1 N–H and O–H groups in total. The van der Waals surface area contributed by atoms with Gasteiger partial charge in [0.15, 0.2) is 0 Å². The molecule has 244 valence electrons. The lowest BCUT2D eigenvalue weighted by Crippen LogP contribution is -2.67. The number of piperidine rings is 2. The van der Waals surface area contributed by atoms with Gasteiger partial charge in [-0.2, -0.15) is 0 Å². The van der Waals surface area contributed by atoms with Crippen LogP contribution in [0.4, 0.5) is 15.3 Å². The zero-order valence-corrected chi connectivity index (χ0v) is 28.0. The smallest absolute Gasteiger partial charge is 0.410 e. The van der Waals surface area contributed by atoms with Gasteiger partial charge in [0.2, 0.25) is 0 Å². The molecule has 44 heavy (non-hydrogen) atoms. The predicted molar refractivity (Wildman–Crippen MR) is 174 cm³/mol. The third-order valence-corrected chi connectivity index (χ3v) is 9.54. The van der Waals surface area contributed by atoms with Crippen molar-refractivity contribution < 1.29 is 19.1 Å². The molecule has 4 heterocycles. The molecule has 5 rings (SSSR count). The normalized spacial score (nSPS) is 24.8. The van der Waals surface area contributed by atoms with Crippen LogP contribution in [0, 0.1) is 11.3 Å².